The molecule has 2 aromatic rings. The molecular weight excluding hydrogens is 519 g/mol. The van der Waals surface area contributed by atoms with E-state index >= 15 is 0 Å². The lowest BCUT2D eigenvalue weighted by atomic mass is 9.64. The molecule has 1 aliphatic carbocycles. The fraction of sp³-hybridized carbons (Fsp3) is 0.419. The molecule has 2 aromatic carbocycles. The molecular formula is C31H36Cl2N2O3. The Morgan fingerprint density at radius 2 is 1.74 bits per heavy atom. The Balaban J connectivity index is 2.03. The minimum Gasteiger partial charge on any atom is -0.481 e. The summed E-state index contributed by atoms with van der Waals surface area (Å²) >= 11 is 12.8. The van der Waals surface area contributed by atoms with Gasteiger partial charge in [-0.1, -0.05) is 97.6 Å². The van der Waals surface area contributed by atoms with Crippen LogP contribution in [0.1, 0.15) is 62.5 Å². The van der Waals surface area contributed by atoms with Gasteiger partial charge in [0, 0.05) is 18.4 Å². The van der Waals surface area contributed by atoms with E-state index in [1.807, 2.05) is 54.6 Å². The number of halogens is 2. The van der Waals surface area contributed by atoms with Gasteiger partial charge in [-0.25, -0.2) is 0 Å². The van der Waals surface area contributed by atoms with Gasteiger partial charge >= 0.3 is 5.97 Å². The molecule has 1 heterocycles. The molecule has 1 saturated heterocycles. The molecule has 3 atom stereocenters. The lowest BCUT2D eigenvalue weighted by molar-refractivity contribution is -0.137. The lowest BCUT2D eigenvalue weighted by Crippen LogP contribution is -2.61. The zero-order valence-corrected chi connectivity index (χ0v) is 23.6. The first-order valence-corrected chi connectivity index (χ1v) is 14.2. The van der Waals surface area contributed by atoms with Crippen molar-refractivity contribution in [3.8, 4) is 0 Å². The molecule has 1 fully saturated rings. The number of hydrogen-bond acceptors (Lipinski definition) is 3. The second-order valence-corrected chi connectivity index (χ2v) is 11.1. The monoisotopic (exact) mass is 554 g/mol. The Morgan fingerprint density at radius 1 is 1.03 bits per heavy atom. The summed E-state index contributed by atoms with van der Waals surface area (Å²) in [6.07, 6.45) is 10.6. The molecule has 38 heavy (non-hydrogen) atoms. The van der Waals surface area contributed by atoms with Crippen LogP contribution in [0.5, 0.6) is 0 Å². The maximum atomic E-state index is 14.0. The molecule has 3 unspecified atom stereocenters. The Labute approximate surface area is 235 Å². The van der Waals surface area contributed by atoms with Crippen LogP contribution in [0, 0.1) is 0 Å². The third-order valence-electron chi connectivity index (χ3n) is 7.96. The number of amides is 1. The predicted molar refractivity (Wildman–Crippen MR) is 154 cm³/mol. The van der Waals surface area contributed by atoms with Gasteiger partial charge in [-0.15, -0.1) is 0 Å². The number of piperidine rings is 1. The number of likely N-dealkylation sites (tertiary alicyclic amines) is 1. The highest BCUT2D eigenvalue weighted by Crippen LogP contribution is 2.49. The van der Waals surface area contributed by atoms with Crippen molar-refractivity contribution in [2.75, 3.05) is 20.1 Å². The Kier molecular flexibility index (Phi) is 9.02. The van der Waals surface area contributed by atoms with Gasteiger partial charge in [-0.3, -0.25) is 14.5 Å². The van der Waals surface area contributed by atoms with Gasteiger partial charge in [-0.05, 0) is 61.2 Å². The van der Waals surface area contributed by atoms with Crippen molar-refractivity contribution in [3.05, 3.63) is 93.5 Å². The van der Waals surface area contributed by atoms with E-state index in [0.717, 1.165) is 61.9 Å². The average Bonchev–Trinajstić information content (AvgIpc) is 2.93. The Hall–Kier alpha value is -2.60. The average molecular weight is 556 g/mol. The van der Waals surface area contributed by atoms with Crippen LogP contribution in [0.15, 0.2) is 72.3 Å². The van der Waals surface area contributed by atoms with Crippen molar-refractivity contribution < 1.29 is 14.7 Å². The van der Waals surface area contributed by atoms with E-state index in [1.54, 1.807) is 13.1 Å². The van der Waals surface area contributed by atoms with Crippen molar-refractivity contribution in [3.63, 3.8) is 0 Å². The van der Waals surface area contributed by atoms with Crippen molar-refractivity contribution >= 4 is 35.1 Å². The summed E-state index contributed by atoms with van der Waals surface area (Å²) in [5.41, 5.74) is 0.789. The first kappa shape index (κ1) is 28.4. The largest absolute Gasteiger partial charge is 0.481 e. The van der Waals surface area contributed by atoms with E-state index in [9.17, 15) is 14.7 Å². The highest BCUT2D eigenvalue weighted by Gasteiger charge is 2.51. The van der Waals surface area contributed by atoms with Gasteiger partial charge in [0.15, 0.2) is 0 Å². The number of nitrogens with one attached hydrogen (secondary N) is 1. The number of benzene rings is 2. The topological polar surface area (TPSA) is 69.6 Å². The van der Waals surface area contributed by atoms with Gasteiger partial charge in [0.1, 0.15) is 5.54 Å². The standard InChI is InChI=1S/C31H36Cl2N2O3/c1-3-10-24(22-13-14-26(32)27(33)19-22)25-20-30(21-28(36)37,23-11-6-4-7-12-23)15-16-31(25,29(38)34-2)35-17-8-5-9-18-35/h4,6-7,11-16,19-20,24H,3,5,8-10,17-18,21H2,1-2H3,(H,34,38)(H,36,37). The molecule has 1 aliphatic heterocycles. The summed E-state index contributed by atoms with van der Waals surface area (Å²) in [6, 6.07) is 15.3. The third-order valence-corrected chi connectivity index (χ3v) is 8.70. The summed E-state index contributed by atoms with van der Waals surface area (Å²) in [4.78, 5) is 28.6. The van der Waals surface area contributed by atoms with Gasteiger partial charge in [0.2, 0.25) is 5.91 Å². The zero-order chi connectivity index (χ0) is 27.3. The number of hydrogen-bond donors (Lipinski definition) is 2. The maximum Gasteiger partial charge on any atom is 0.304 e. The maximum absolute atomic E-state index is 14.0. The first-order valence-electron chi connectivity index (χ1n) is 13.4. The number of nitrogens with zero attached hydrogens (tertiary/aromatic N) is 1. The number of carbonyl (C=O) groups excluding carboxylic acids is 1. The number of aliphatic carboxylic acids is 1. The lowest BCUT2D eigenvalue weighted by Gasteiger charge is -2.49. The van der Waals surface area contributed by atoms with Crippen molar-refractivity contribution in [1.82, 2.24) is 10.2 Å². The summed E-state index contributed by atoms with van der Waals surface area (Å²) in [7, 11) is 1.67. The molecule has 2 aliphatic rings. The van der Waals surface area contributed by atoms with E-state index in [2.05, 4.69) is 23.2 Å². The van der Waals surface area contributed by atoms with Gasteiger partial charge in [0.05, 0.1) is 16.5 Å². The van der Waals surface area contributed by atoms with Crippen LogP contribution < -0.4 is 5.32 Å². The van der Waals surface area contributed by atoms with E-state index in [-0.39, 0.29) is 18.2 Å². The molecule has 1 amide bonds. The van der Waals surface area contributed by atoms with Crippen LogP contribution in [0.4, 0.5) is 0 Å². The van der Waals surface area contributed by atoms with Gasteiger partial charge in [-0.2, -0.15) is 0 Å². The molecule has 202 valence electrons. The third kappa shape index (κ3) is 5.42. The normalized spacial score (nSPS) is 24.5. The molecule has 0 aromatic heterocycles. The Morgan fingerprint density at radius 3 is 2.34 bits per heavy atom. The number of carboxylic acids is 1. The minimum absolute atomic E-state index is 0.111. The molecule has 7 heteroatoms. The van der Waals surface area contributed by atoms with Crippen LogP contribution in [-0.4, -0.2) is 47.6 Å². The number of likely N-dealkylation sites (N-methyl/N-ethyl adjacent to an activating group) is 1. The highest BCUT2D eigenvalue weighted by molar-refractivity contribution is 6.42. The van der Waals surface area contributed by atoms with E-state index in [1.165, 1.54) is 0 Å². The van der Waals surface area contributed by atoms with Crippen molar-refractivity contribution in [2.45, 2.75) is 62.3 Å². The Bertz CT molecular complexity index is 1220. The molecule has 4 rings (SSSR count). The molecule has 0 radical (unpaired) electrons. The van der Waals surface area contributed by atoms with Gasteiger partial charge < -0.3 is 10.4 Å². The van der Waals surface area contributed by atoms with Crippen LogP contribution in [0.25, 0.3) is 0 Å². The SMILES string of the molecule is CCCC(C1=CC(CC(=O)O)(c2ccccc2)C=CC1(C(=O)NC)N1CCCCC1)c1ccc(Cl)c(Cl)c1. The molecule has 0 saturated carbocycles. The van der Waals surface area contributed by atoms with E-state index < -0.39 is 16.9 Å². The molecule has 5 nitrogen and oxygen atoms in total. The van der Waals surface area contributed by atoms with Crippen LogP contribution in [0.2, 0.25) is 10.0 Å². The summed E-state index contributed by atoms with van der Waals surface area (Å²) in [5.74, 6) is -1.18. The minimum atomic E-state index is -1.04. The first-order chi connectivity index (χ1) is 18.3. The number of carbonyl (C=O) groups is 2. The molecule has 2 N–H and O–H groups in total. The van der Waals surface area contributed by atoms with Crippen LogP contribution in [0.3, 0.4) is 0 Å². The summed E-state index contributed by atoms with van der Waals surface area (Å²) in [5, 5.41) is 13.9. The molecule has 0 bridgehead atoms. The van der Waals surface area contributed by atoms with E-state index in [4.69, 9.17) is 23.2 Å². The highest BCUT2D eigenvalue weighted by atomic mass is 35.5. The number of rotatable bonds is 9. The second kappa shape index (κ2) is 12.1. The number of carboxylic acid groups (broad SMARTS) is 1. The van der Waals surface area contributed by atoms with Crippen LogP contribution in [-0.2, 0) is 15.0 Å². The smallest absolute Gasteiger partial charge is 0.304 e. The summed E-state index contributed by atoms with van der Waals surface area (Å²) < 4.78 is 0. The fourth-order valence-electron chi connectivity index (χ4n) is 6.15. The van der Waals surface area contributed by atoms with E-state index in [0.29, 0.717) is 10.0 Å². The quantitative estimate of drug-likeness (QED) is 0.336. The zero-order valence-electron chi connectivity index (χ0n) is 22.1. The summed E-state index contributed by atoms with van der Waals surface area (Å²) in [6.45, 7) is 3.69. The number of allylic oxidation sites excluding steroid dienone is 2. The predicted octanol–water partition coefficient (Wildman–Crippen LogP) is 6.76. The molecule has 0 spiro atoms. The van der Waals surface area contributed by atoms with Crippen molar-refractivity contribution in [2.24, 2.45) is 0 Å². The second-order valence-electron chi connectivity index (χ2n) is 10.3. The fourth-order valence-corrected chi connectivity index (χ4v) is 6.46. The van der Waals surface area contributed by atoms with Gasteiger partial charge in [0.25, 0.3) is 0 Å². The van der Waals surface area contributed by atoms with Crippen LogP contribution >= 0.6 is 23.2 Å². The van der Waals surface area contributed by atoms with Crippen molar-refractivity contribution in [1.29, 1.82) is 0 Å².